The number of ether oxygens (including phenoxy) is 2. The van der Waals surface area contributed by atoms with Gasteiger partial charge in [-0.3, -0.25) is 9.48 Å². The Balaban J connectivity index is 2.48. The summed E-state index contributed by atoms with van der Waals surface area (Å²) in [5, 5.41) is 4.15. The first-order valence-corrected chi connectivity index (χ1v) is 6.41. The molecule has 0 atom stereocenters. The second kappa shape index (κ2) is 5.77. The van der Waals surface area contributed by atoms with E-state index in [1.807, 2.05) is 19.9 Å². The van der Waals surface area contributed by atoms with Gasteiger partial charge in [0.25, 0.3) is 0 Å². The first-order valence-electron chi connectivity index (χ1n) is 6.41. The molecule has 0 N–H and O–H groups in total. The molecule has 1 aromatic carbocycles. The predicted molar refractivity (Wildman–Crippen MR) is 75.6 cm³/mol. The molecule has 2 aromatic rings. The van der Waals surface area contributed by atoms with Gasteiger partial charge in [-0.25, -0.2) is 0 Å². The van der Waals surface area contributed by atoms with Gasteiger partial charge in [0.1, 0.15) is 5.75 Å². The average molecular weight is 274 g/mol. The molecular weight excluding hydrogens is 256 g/mol. The maximum Gasteiger partial charge on any atom is 0.214 e. The van der Waals surface area contributed by atoms with Crippen molar-refractivity contribution >= 4 is 5.78 Å². The number of hydrogen-bond acceptors (Lipinski definition) is 4. The average Bonchev–Trinajstić information content (AvgIpc) is 2.89. The number of carbonyl (C=O) groups is 1. The monoisotopic (exact) mass is 274 g/mol. The van der Waals surface area contributed by atoms with Gasteiger partial charge in [-0.2, -0.15) is 5.10 Å². The van der Waals surface area contributed by atoms with Crippen molar-refractivity contribution in [3.05, 3.63) is 41.2 Å². The van der Waals surface area contributed by atoms with E-state index < -0.39 is 0 Å². The molecule has 0 spiro atoms. The molecule has 5 nitrogen and oxygen atoms in total. The summed E-state index contributed by atoms with van der Waals surface area (Å²) in [6.07, 6.45) is 1.56. The van der Waals surface area contributed by atoms with E-state index >= 15 is 0 Å². The number of methoxy groups -OCH3 is 2. The van der Waals surface area contributed by atoms with E-state index in [2.05, 4.69) is 5.10 Å². The lowest BCUT2D eigenvalue weighted by atomic mass is 10.0. The summed E-state index contributed by atoms with van der Waals surface area (Å²) in [6, 6.07) is 5.39. The number of hydrogen-bond donors (Lipinski definition) is 0. The summed E-state index contributed by atoms with van der Waals surface area (Å²) < 4.78 is 12.1. The van der Waals surface area contributed by atoms with E-state index in [0.29, 0.717) is 29.3 Å². The number of nitrogens with zero attached hydrogens (tertiary/aromatic N) is 2. The van der Waals surface area contributed by atoms with Gasteiger partial charge in [-0.15, -0.1) is 0 Å². The lowest BCUT2D eigenvalue weighted by Crippen LogP contribution is -2.12. The van der Waals surface area contributed by atoms with E-state index in [4.69, 9.17) is 9.47 Å². The summed E-state index contributed by atoms with van der Waals surface area (Å²) in [5.41, 5.74) is 2.00. The molecule has 0 unspecified atom stereocenters. The Bertz CT molecular complexity index is 611. The Hall–Kier alpha value is -2.30. The van der Waals surface area contributed by atoms with Gasteiger partial charge in [-0.1, -0.05) is 12.1 Å². The number of aromatic nitrogens is 2. The second-order valence-electron chi connectivity index (χ2n) is 4.39. The van der Waals surface area contributed by atoms with Crippen molar-refractivity contribution in [1.82, 2.24) is 9.78 Å². The number of rotatable bonds is 5. The van der Waals surface area contributed by atoms with Gasteiger partial charge in [0.2, 0.25) is 5.78 Å². The molecule has 0 aliphatic carbocycles. The zero-order valence-electron chi connectivity index (χ0n) is 12.1. The number of aryl methyl sites for hydroxylation is 2. The summed E-state index contributed by atoms with van der Waals surface area (Å²) in [7, 11) is 3.12. The first kappa shape index (κ1) is 14.1. The van der Waals surface area contributed by atoms with Crippen molar-refractivity contribution in [2.45, 2.75) is 20.4 Å². The highest BCUT2D eigenvalue weighted by atomic mass is 16.5. The standard InChI is InChI=1S/C15H18N2O3/c1-5-17-14(13(20-4)9-16-17)15(18)11-7-6-10(2)12(8-11)19-3/h6-9H,5H2,1-4H3. The van der Waals surface area contributed by atoms with Crippen molar-refractivity contribution in [3.8, 4) is 11.5 Å². The molecule has 1 heterocycles. The Morgan fingerprint density at radius 1 is 1.25 bits per heavy atom. The zero-order valence-corrected chi connectivity index (χ0v) is 12.1. The minimum atomic E-state index is -0.125. The second-order valence-corrected chi connectivity index (χ2v) is 4.39. The molecular formula is C15H18N2O3. The third kappa shape index (κ3) is 2.39. The number of carbonyl (C=O) groups excluding carboxylic acids is 1. The lowest BCUT2D eigenvalue weighted by Gasteiger charge is -2.09. The molecule has 0 amide bonds. The van der Waals surface area contributed by atoms with Crippen LogP contribution in [0.1, 0.15) is 28.5 Å². The summed E-state index contributed by atoms with van der Waals surface area (Å²) >= 11 is 0. The van der Waals surface area contributed by atoms with E-state index in [-0.39, 0.29) is 5.78 Å². The van der Waals surface area contributed by atoms with E-state index in [0.717, 1.165) is 5.56 Å². The fourth-order valence-electron chi connectivity index (χ4n) is 2.08. The fraction of sp³-hybridized carbons (Fsp3) is 0.333. The van der Waals surface area contributed by atoms with Gasteiger partial charge < -0.3 is 9.47 Å². The molecule has 0 aliphatic heterocycles. The molecule has 20 heavy (non-hydrogen) atoms. The highest BCUT2D eigenvalue weighted by molar-refractivity contribution is 6.09. The van der Waals surface area contributed by atoms with Crippen LogP contribution in [-0.2, 0) is 6.54 Å². The normalized spacial score (nSPS) is 10.4. The SMILES string of the molecule is CCn1ncc(OC)c1C(=O)c1ccc(C)c(OC)c1. The van der Waals surface area contributed by atoms with Gasteiger partial charge in [0, 0.05) is 12.1 Å². The number of ketones is 1. The first-order chi connectivity index (χ1) is 9.62. The maximum absolute atomic E-state index is 12.6. The quantitative estimate of drug-likeness (QED) is 0.786. The third-order valence-electron chi connectivity index (χ3n) is 3.21. The van der Waals surface area contributed by atoms with Crippen LogP contribution in [-0.4, -0.2) is 29.8 Å². The van der Waals surface area contributed by atoms with Crippen LogP contribution in [0.2, 0.25) is 0 Å². The summed E-state index contributed by atoms with van der Waals surface area (Å²) in [5.74, 6) is 1.05. The van der Waals surface area contributed by atoms with Gasteiger partial charge >= 0.3 is 0 Å². The molecule has 0 bridgehead atoms. The molecule has 5 heteroatoms. The van der Waals surface area contributed by atoms with Crippen molar-refractivity contribution < 1.29 is 14.3 Å². The van der Waals surface area contributed by atoms with Crippen molar-refractivity contribution in [3.63, 3.8) is 0 Å². The van der Waals surface area contributed by atoms with Crippen molar-refractivity contribution in [1.29, 1.82) is 0 Å². The predicted octanol–water partition coefficient (Wildman–Crippen LogP) is 2.46. The van der Waals surface area contributed by atoms with Crippen molar-refractivity contribution in [2.24, 2.45) is 0 Å². The largest absolute Gasteiger partial charge is 0.496 e. The van der Waals surface area contributed by atoms with Crippen LogP contribution < -0.4 is 9.47 Å². The minimum absolute atomic E-state index is 0.125. The van der Waals surface area contributed by atoms with Crippen LogP contribution in [0.4, 0.5) is 0 Å². The number of benzene rings is 1. The van der Waals surface area contributed by atoms with Gasteiger partial charge in [0.05, 0.1) is 20.4 Å². The van der Waals surface area contributed by atoms with E-state index in [9.17, 15) is 4.79 Å². The van der Waals surface area contributed by atoms with Crippen LogP contribution in [0.5, 0.6) is 11.5 Å². The minimum Gasteiger partial charge on any atom is -0.496 e. The highest BCUT2D eigenvalue weighted by Crippen LogP contribution is 2.25. The molecule has 0 radical (unpaired) electrons. The summed E-state index contributed by atoms with van der Waals surface area (Å²) in [4.78, 5) is 12.6. The third-order valence-corrected chi connectivity index (χ3v) is 3.21. The molecule has 0 aliphatic rings. The molecule has 0 saturated carbocycles. The topological polar surface area (TPSA) is 53.4 Å². The van der Waals surface area contributed by atoms with Crippen molar-refractivity contribution in [2.75, 3.05) is 14.2 Å². The molecule has 0 saturated heterocycles. The van der Waals surface area contributed by atoms with Crippen LogP contribution >= 0.6 is 0 Å². The summed E-state index contributed by atoms with van der Waals surface area (Å²) in [6.45, 7) is 4.47. The molecule has 0 fully saturated rings. The molecule has 2 rings (SSSR count). The van der Waals surface area contributed by atoms with E-state index in [1.54, 1.807) is 30.1 Å². The van der Waals surface area contributed by atoms with Gasteiger partial charge in [0.15, 0.2) is 11.4 Å². The highest BCUT2D eigenvalue weighted by Gasteiger charge is 2.21. The maximum atomic E-state index is 12.6. The van der Waals surface area contributed by atoms with Crippen LogP contribution in [0, 0.1) is 6.92 Å². The molecule has 1 aromatic heterocycles. The lowest BCUT2D eigenvalue weighted by molar-refractivity contribution is 0.102. The Morgan fingerprint density at radius 2 is 1.95 bits per heavy atom. The molecule has 106 valence electrons. The Morgan fingerprint density at radius 3 is 2.55 bits per heavy atom. The fourth-order valence-corrected chi connectivity index (χ4v) is 2.08. The zero-order chi connectivity index (χ0) is 14.7. The Kier molecular flexibility index (Phi) is 4.08. The Labute approximate surface area is 118 Å². The van der Waals surface area contributed by atoms with E-state index in [1.165, 1.54) is 7.11 Å². The smallest absolute Gasteiger partial charge is 0.214 e. The van der Waals surface area contributed by atoms with Gasteiger partial charge in [-0.05, 0) is 25.5 Å². The van der Waals surface area contributed by atoms with Crippen LogP contribution in [0.15, 0.2) is 24.4 Å². The van der Waals surface area contributed by atoms with Crippen LogP contribution in [0.25, 0.3) is 0 Å². The van der Waals surface area contributed by atoms with Crippen LogP contribution in [0.3, 0.4) is 0 Å².